The van der Waals surface area contributed by atoms with Crippen molar-refractivity contribution in [3.63, 3.8) is 0 Å². The fraction of sp³-hybridized carbons (Fsp3) is 0.125. The molecule has 2 amide bonds. The van der Waals surface area contributed by atoms with Gasteiger partial charge in [-0.25, -0.2) is 9.82 Å². The molecule has 3 rings (SSSR count). The molecule has 0 bridgehead atoms. The number of carbonyl (C=O) groups excluding carboxylic acids is 2. The van der Waals surface area contributed by atoms with Crippen molar-refractivity contribution in [2.45, 2.75) is 20.0 Å². The lowest BCUT2D eigenvalue weighted by molar-refractivity contribution is -0.136. The van der Waals surface area contributed by atoms with Crippen molar-refractivity contribution < 1.29 is 18.7 Å². The van der Waals surface area contributed by atoms with Gasteiger partial charge in [0.25, 0.3) is 0 Å². The Balaban J connectivity index is 1.49. The zero-order valence-electron chi connectivity index (χ0n) is 17.0. The van der Waals surface area contributed by atoms with Crippen LogP contribution in [-0.4, -0.2) is 18.0 Å². The Morgan fingerprint density at radius 3 is 2.32 bits per heavy atom. The average Bonchev–Trinajstić information content (AvgIpc) is 2.79. The predicted octanol–water partition coefficient (Wildman–Crippen LogP) is 4.06. The lowest BCUT2D eigenvalue weighted by Crippen LogP contribution is -2.32. The summed E-state index contributed by atoms with van der Waals surface area (Å²) in [6, 6.07) is 20.6. The maximum Gasteiger partial charge on any atom is 0.329 e. The SMILES string of the molecule is CCc1ccccc1NC(=O)C(=O)N/N=C/c1ccc(OCc2ccccc2F)cc1. The first-order valence-corrected chi connectivity index (χ1v) is 9.75. The van der Waals surface area contributed by atoms with Gasteiger partial charge in [-0.2, -0.15) is 5.10 Å². The van der Waals surface area contributed by atoms with E-state index in [0.717, 1.165) is 12.0 Å². The number of nitrogens with zero attached hydrogens (tertiary/aromatic N) is 1. The molecule has 2 N–H and O–H groups in total. The summed E-state index contributed by atoms with van der Waals surface area (Å²) in [6.07, 6.45) is 2.14. The maximum atomic E-state index is 13.6. The molecule has 158 valence electrons. The molecule has 0 unspecified atom stereocenters. The van der Waals surface area contributed by atoms with Crippen LogP contribution in [0.4, 0.5) is 10.1 Å². The van der Waals surface area contributed by atoms with Crippen LogP contribution in [0.15, 0.2) is 77.9 Å². The molecule has 0 aromatic heterocycles. The van der Waals surface area contributed by atoms with Gasteiger partial charge in [0.2, 0.25) is 0 Å². The Labute approximate surface area is 179 Å². The van der Waals surface area contributed by atoms with Crippen molar-refractivity contribution in [2.24, 2.45) is 5.10 Å². The van der Waals surface area contributed by atoms with Gasteiger partial charge in [0, 0.05) is 11.3 Å². The van der Waals surface area contributed by atoms with E-state index in [1.807, 2.05) is 19.1 Å². The molecule has 0 spiro atoms. The lowest BCUT2D eigenvalue weighted by atomic mass is 10.1. The van der Waals surface area contributed by atoms with E-state index in [-0.39, 0.29) is 12.4 Å². The smallest absolute Gasteiger partial charge is 0.329 e. The molecule has 0 radical (unpaired) electrons. The van der Waals surface area contributed by atoms with Gasteiger partial charge in [-0.1, -0.05) is 43.3 Å². The second-order valence-electron chi connectivity index (χ2n) is 6.61. The van der Waals surface area contributed by atoms with Crippen LogP contribution in [0.2, 0.25) is 0 Å². The molecule has 0 fully saturated rings. The summed E-state index contributed by atoms with van der Waals surface area (Å²) in [5.41, 5.74) is 4.89. The van der Waals surface area contributed by atoms with E-state index >= 15 is 0 Å². The van der Waals surface area contributed by atoms with Gasteiger partial charge in [-0.3, -0.25) is 9.59 Å². The Morgan fingerprint density at radius 2 is 1.61 bits per heavy atom. The van der Waals surface area contributed by atoms with Crippen LogP contribution in [0, 0.1) is 5.82 Å². The number of hydrazone groups is 1. The molecule has 3 aromatic rings. The highest BCUT2D eigenvalue weighted by atomic mass is 19.1. The number of benzene rings is 3. The van der Waals surface area contributed by atoms with Crippen LogP contribution in [0.1, 0.15) is 23.6 Å². The Kier molecular flexibility index (Phi) is 7.48. The van der Waals surface area contributed by atoms with E-state index in [0.29, 0.717) is 22.6 Å². The van der Waals surface area contributed by atoms with Crippen molar-refractivity contribution >= 4 is 23.7 Å². The molecule has 6 nitrogen and oxygen atoms in total. The molecular weight excluding hydrogens is 397 g/mol. The number of hydrogen-bond acceptors (Lipinski definition) is 4. The molecule has 3 aromatic carbocycles. The standard InChI is InChI=1S/C24H22FN3O3/c1-2-18-7-4-6-10-22(18)27-23(29)24(30)28-26-15-17-11-13-20(14-12-17)31-16-19-8-3-5-9-21(19)25/h3-15H,2,16H2,1H3,(H,27,29)(H,28,30)/b26-15+. The summed E-state index contributed by atoms with van der Waals surface area (Å²) in [6.45, 7) is 2.08. The molecular formula is C24H22FN3O3. The highest BCUT2D eigenvalue weighted by Gasteiger charge is 2.14. The molecule has 0 saturated heterocycles. The molecule has 7 heteroatoms. The van der Waals surface area contributed by atoms with Gasteiger partial charge < -0.3 is 10.1 Å². The van der Waals surface area contributed by atoms with E-state index in [2.05, 4.69) is 15.8 Å². The minimum Gasteiger partial charge on any atom is -0.489 e. The average molecular weight is 419 g/mol. The van der Waals surface area contributed by atoms with Gasteiger partial charge in [0.1, 0.15) is 18.2 Å². The van der Waals surface area contributed by atoms with Crippen molar-refractivity contribution in [2.75, 3.05) is 5.32 Å². The summed E-state index contributed by atoms with van der Waals surface area (Å²) in [4.78, 5) is 24.0. The molecule has 0 aliphatic carbocycles. The Hall–Kier alpha value is -4.00. The number of aryl methyl sites for hydroxylation is 1. The number of ether oxygens (including phenoxy) is 1. The van der Waals surface area contributed by atoms with Gasteiger partial charge in [-0.15, -0.1) is 0 Å². The van der Waals surface area contributed by atoms with E-state index in [9.17, 15) is 14.0 Å². The number of carbonyl (C=O) groups is 2. The fourth-order valence-electron chi connectivity index (χ4n) is 2.77. The first-order chi connectivity index (χ1) is 15.1. The number of para-hydroxylation sites is 1. The van der Waals surface area contributed by atoms with Crippen LogP contribution in [0.3, 0.4) is 0 Å². The summed E-state index contributed by atoms with van der Waals surface area (Å²) < 4.78 is 19.2. The first-order valence-electron chi connectivity index (χ1n) is 9.75. The van der Waals surface area contributed by atoms with E-state index in [4.69, 9.17) is 4.74 Å². The largest absolute Gasteiger partial charge is 0.489 e. The van der Waals surface area contributed by atoms with Crippen molar-refractivity contribution in [3.8, 4) is 5.75 Å². The van der Waals surface area contributed by atoms with Gasteiger partial charge in [-0.05, 0) is 53.9 Å². The Morgan fingerprint density at radius 1 is 0.935 bits per heavy atom. The number of hydrogen-bond donors (Lipinski definition) is 2. The maximum absolute atomic E-state index is 13.6. The quantitative estimate of drug-likeness (QED) is 0.344. The molecule has 31 heavy (non-hydrogen) atoms. The lowest BCUT2D eigenvalue weighted by Gasteiger charge is -2.08. The number of nitrogens with one attached hydrogen (secondary N) is 2. The molecule has 0 aliphatic heterocycles. The number of amides is 2. The van der Waals surface area contributed by atoms with Gasteiger partial charge in [0.05, 0.1) is 6.21 Å². The van der Waals surface area contributed by atoms with E-state index < -0.39 is 11.8 Å². The third kappa shape index (κ3) is 6.24. The van der Waals surface area contributed by atoms with Crippen LogP contribution in [-0.2, 0) is 22.6 Å². The summed E-state index contributed by atoms with van der Waals surface area (Å²) in [5.74, 6) is -1.41. The first kappa shape index (κ1) is 21.7. The zero-order chi connectivity index (χ0) is 22.1. The fourth-order valence-corrected chi connectivity index (χ4v) is 2.77. The predicted molar refractivity (Wildman–Crippen MR) is 117 cm³/mol. The van der Waals surface area contributed by atoms with Gasteiger partial charge in [0.15, 0.2) is 0 Å². The van der Waals surface area contributed by atoms with E-state index in [1.165, 1.54) is 12.3 Å². The van der Waals surface area contributed by atoms with Crippen molar-refractivity contribution in [1.82, 2.24) is 5.43 Å². The van der Waals surface area contributed by atoms with Crippen LogP contribution in [0.25, 0.3) is 0 Å². The van der Waals surface area contributed by atoms with Crippen LogP contribution >= 0.6 is 0 Å². The van der Waals surface area contributed by atoms with E-state index in [1.54, 1.807) is 54.6 Å². The second kappa shape index (κ2) is 10.7. The third-order valence-corrected chi connectivity index (χ3v) is 4.46. The van der Waals surface area contributed by atoms with Crippen molar-refractivity contribution in [1.29, 1.82) is 0 Å². The Bertz CT molecular complexity index is 1080. The van der Waals surface area contributed by atoms with Crippen molar-refractivity contribution in [3.05, 3.63) is 95.3 Å². The molecule has 0 atom stereocenters. The third-order valence-electron chi connectivity index (χ3n) is 4.46. The van der Waals surface area contributed by atoms with Crippen LogP contribution in [0.5, 0.6) is 5.75 Å². The summed E-state index contributed by atoms with van der Waals surface area (Å²) >= 11 is 0. The van der Waals surface area contributed by atoms with Gasteiger partial charge >= 0.3 is 11.8 Å². The number of rotatable bonds is 7. The normalized spacial score (nSPS) is 10.6. The highest BCUT2D eigenvalue weighted by molar-refractivity contribution is 6.39. The second-order valence-corrected chi connectivity index (χ2v) is 6.61. The van der Waals surface area contributed by atoms with Crippen LogP contribution < -0.4 is 15.5 Å². The number of anilines is 1. The highest BCUT2D eigenvalue weighted by Crippen LogP contribution is 2.16. The summed E-state index contributed by atoms with van der Waals surface area (Å²) in [7, 11) is 0. The molecule has 0 heterocycles. The monoisotopic (exact) mass is 419 g/mol. The summed E-state index contributed by atoms with van der Waals surface area (Å²) in [5, 5.41) is 6.39. The minimum atomic E-state index is -0.869. The molecule has 0 aliphatic rings. The molecule has 0 saturated carbocycles. The minimum absolute atomic E-state index is 0.117. The number of halogens is 1. The zero-order valence-corrected chi connectivity index (χ0v) is 17.0. The topological polar surface area (TPSA) is 79.8 Å².